The molecule has 2 fully saturated rings. The van der Waals surface area contributed by atoms with Gasteiger partial charge in [0.25, 0.3) is 0 Å². The van der Waals surface area contributed by atoms with E-state index in [1.54, 1.807) is 0 Å². The van der Waals surface area contributed by atoms with Crippen molar-refractivity contribution in [1.82, 2.24) is 5.32 Å². The molecule has 2 heterocycles. The van der Waals surface area contributed by atoms with Crippen LogP contribution in [-0.4, -0.2) is 151 Å². The van der Waals surface area contributed by atoms with Crippen molar-refractivity contribution in [2.45, 2.75) is 68.3 Å². The summed E-state index contributed by atoms with van der Waals surface area (Å²) >= 11 is 0. The summed E-state index contributed by atoms with van der Waals surface area (Å²) in [4.78, 5) is 14.0. The molecule has 2 rings (SSSR count). The van der Waals surface area contributed by atoms with Crippen molar-refractivity contribution in [3.8, 4) is 0 Å². The van der Waals surface area contributed by atoms with Gasteiger partial charge < -0.3 is 64.4 Å². The van der Waals surface area contributed by atoms with Crippen LogP contribution in [0.4, 0.5) is 0 Å². The standard InChI is InChI=1S/C20H36N4O13/c1-10(27)23-13-15(29)17(12(9-26)35-19(13)31)37-20-16(30)18(14(28)11(8-25)36-20)34-7-6-33-5-4-32-3-2-22-24-21/h11-20,25-26,28-31H,2-9H2,1H3,(H,23,27)/t11-,12-,13-,14-,15-,16+,17-,18+,19?,20+/m1/s1. The molecule has 7 N–H and O–H groups in total. The van der Waals surface area contributed by atoms with Gasteiger partial charge in [0.2, 0.25) is 5.91 Å². The number of amides is 1. The van der Waals surface area contributed by atoms with Gasteiger partial charge in [0, 0.05) is 18.4 Å². The summed E-state index contributed by atoms with van der Waals surface area (Å²) in [6, 6.07) is -1.31. The number of aliphatic hydroxyl groups excluding tert-OH is 6. The summed E-state index contributed by atoms with van der Waals surface area (Å²) in [5, 5.41) is 67.0. The predicted octanol–water partition coefficient (Wildman–Crippen LogP) is -3.89. The third-order valence-corrected chi connectivity index (χ3v) is 5.66. The number of ether oxygens (including phenoxy) is 6. The number of carbonyl (C=O) groups excluding carboxylic acids is 1. The lowest BCUT2D eigenvalue weighted by Crippen LogP contribution is -2.67. The molecule has 214 valence electrons. The van der Waals surface area contributed by atoms with Crippen molar-refractivity contribution in [3.05, 3.63) is 10.4 Å². The lowest BCUT2D eigenvalue weighted by atomic mass is 9.95. The van der Waals surface area contributed by atoms with E-state index in [9.17, 15) is 35.4 Å². The predicted molar refractivity (Wildman–Crippen MR) is 120 cm³/mol. The molecule has 0 aromatic heterocycles. The van der Waals surface area contributed by atoms with Gasteiger partial charge in [-0.25, -0.2) is 0 Å². The minimum Gasteiger partial charge on any atom is -0.394 e. The smallest absolute Gasteiger partial charge is 0.217 e. The minimum absolute atomic E-state index is 0.0619. The average molecular weight is 541 g/mol. The Balaban J connectivity index is 1.94. The maximum absolute atomic E-state index is 11.5. The van der Waals surface area contributed by atoms with E-state index in [0.717, 1.165) is 0 Å². The molecule has 2 saturated heterocycles. The lowest BCUT2D eigenvalue weighted by Gasteiger charge is -2.47. The summed E-state index contributed by atoms with van der Waals surface area (Å²) in [7, 11) is 0. The van der Waals surface area contributed by atoms with Crippen LogP contribution in [0.2, 0.25) is 0 Å². The quantitative estimate of drug-likeness (QED) is 0.0454. The number of carbonyl (C=O) groups is 1. The van der Waals surface area contributed by atoms with E-state index in [1.807, 2.05) is 0 Å². The molecule has 17 nitrogen and oxygen atoms in total. The first-order chi connectivity index (χ1) is 17.7. The van der Waals surface area contributed by atoms with Crippen molar-refractivity contribution in [1.29, 1.82) is 0 Å². The second kappa shape index (κ2) is 16.3. The summed E-state index contributed by atoms with van der Waals surface area (Å²) in [6.07, 6.45) is -13.0. The maximum Gasteiger partial charge on any atom is 0.217 e. The van der Waals surface area contributed by atoms with E-state index in [2.05, 4.69) is 15.3 Å². The second-order valence-electron chi connectivity index (χ2n) is 8.29. The summed E-state index contributed by atoms with van der Waals surface area (Å²) in [5.74, 6) is -0.569. The Morgan fingerprint density at radius 3 is 2.19 bits per heavy atom. The first-order valence-electron chi connectivity index (χ1n) is 11.7. The van der Waals surface area contributed by atoms with Gasteiger partial charge in [-0.05, 0) is 5.53 Å². The van der Waals surface area contributed by atoms with Crippen LogP contribution in [0.5, 0.6) is 0 Å². The van der Waals surface area contributed by atoms with Crippen molar-refractivity contribution >= 4 is 5.91 Å². The number of hydrogen-bond donors (Lipinski definition) is 7. The van der Waals surface area contributed by atoms with Crippen LogP contribution in [0, 0.1) is 0 Å². The van der Waals surface area contributed by atoms with E-state index in [4.69, 9.17) is 34.0 Å². The van der Waals surface area contributed by atoms with Gasteiger partial charge in [-0.2, -0.15) is 0 Å². The summed E-state index contributed by atoms with van der Waals surface area (Å²) in [5.41, 5.74) is 8.17. The Kier molecular flexibility index (Phi) is 13.9. The van der Waals surface area contributed by atoms with E-state index in [1.165, 1.54) is 6.92 Å². The number of nitrogens with one attached hydrogen (secondary N) is 1. The van der Waals surface area contributed by atoms with Gasteiger partial charge in [0.1, 0.15) is 48.8 Å². The number of azide groups is 1. The normalized spacial score (nSPS) is 36.1. The number of aliphatic hydroxyl groups is 6. The molecule has 10 atom stereocenters. The molecule has 2 aliphatic rings. The van der Waals surface area contributed by atoms with Crippen LogP contribution in [0.15, 0.2) is 5.11 Å². The van der Waals surface area contributed by atoms with E-state index >= 15 is 0 Å². The minimum atomic E-state index is -1.65. The average Bonchev–Trinajstić information content (AvgIpc) is 2.87. The first-order valence-corrected chi connectivity index (χ1v) is 11.7. The van der Waals surface area contributed by atoms with Crippen molar-refractivity contribution in [2.75, 3.05) is 52.8 Å². The van der Waals surface area contributed by atoms with E-state index < -0.39 is 80.5 Å². The molecule has 1 unspecified atom stereocenters. The van der Waals surface area contributed by atoms with Crippen molar-refractivity contribution < 1.29 is 63.9 Å². The highest BCUT2D eigenvalue weighted by molar-refractivity contribution is 5.73. The van der Waals surface area contributed by atoms with Gasteiger partial charge in [-0.1, -0.05) is 5.11 Å². The highest BCUT2D eigenvalue weighted by Gasteiger charge is 2.51. The van der Waals surface area contributed by atoms with Crippen molar-refractivity contribution in [2.24, 2.45) is 5.11 Å². The Morgan fingerprint density at radius 2 is 1.57 bits per heavy atom. The van der Waals surface area contributed by atoms with Crippen LogP contribution in [-0.2, 0) is 33.2 Å². The van der Waals surface area contributed by atoms with E-state index in [0.29, 0.717) is 0 Å². The molecular weight excluding hydrogens is 504 g/mol. The molecule has 0 spiro atoms. The molecule has 2 aliphatic heterocycles. The van der Waals surface area contributed by atoms with Gasteiger partial charge in [-0.3, -0.25) is 4.79 Å². The van der Waals surface area contributed by atoms with Gasteiger partial charge in [0.15, 0.2) is 12.6 Å². The summed E-state index contributed by atoms with van der Waals surface area (Å²) in [6.45, 7) is 0.745. The Bertz CT molecular complexity index is 730. The van der Waals surface area contributed by atoms with Crippen LogP contribution < -0.4 is 5.32 Å². The fourth-order valence-corrected chi connectivity index (χ4v) is 3.87. The molecule has 17 heteroatoms. The first kappa shape index (κ1) is 31.5. The largest absolute Gasteiger partial charge is 0.394 e. The zero-order valence-electron chi connectivity index (χ0n) is 20.3. The SMILES string of the molecule is CC(=O)N[C@H]1C(O)O[C@H](CO)[C@@H](O[C@@H]2O[C@H](CO)[C@@H](O)[C@H](OCCOCCOCCN=[N+]=[N-])[C@@H]2O)[C@@H]1O. The molecular formula is C20H36N4O13. The lowest BCUT2D eigenvalue weighted by molar-refractivity contribution is -0.348. The molecule has 0 aromatic rings. The zero-order valence-corrected chi connectivity index (χ0v) is 20.3. The summed E-state index contributed by atoms with van der Waals surface area (Å²) < 4.78 is 32.4. The van der Waals surface area contributed by atoms with Crippen LogP contribution in [0.1, 0.15) is 6.92 Å². The zero-order chi connectivity index (χ0) is 27.4. The van der Waals surface area contributed by atoms with Crippen LogP contribution >= 0.6 is 0 Å². The molecule has 0 radical (unpaired) electrons. The second-order valence-corrected chi connectivity index (χ2v) is 8.29. The van der Waals surface area contributed by atoms with Crippen molar-refractivity contribution in [3.63, 3.8) is 0 Å². The Hall–Kier alpha value is -1.70. The number of hydrogen-bond acceptors (Lipinski definition) is 14. The van der Waals surface area contributed by atoms with Crippen LogP contribution in [0.3, 0.4) is 0 Å². The Labute approximate surface area is 212 Å². The highest BCUT2D eigenvalue weighted by Crippen LogP contribution is 2.29. The molecule has 0 aliphatic carbocycles. The topological polar surface area (TPSA) is 255 Å². The third kappa shape index (κ3) is 9.22. The van der Waals surface area contributed by atoms with Gasteiger partial charge in [-0.15, -0.1) is 0 Å². The van der Waals surface area contributed by atoms with E-state index in [-0.39, 0.29) is 39.6 Å². The fraction of sp³-hybridized carbons (Fsp3) is 0.950. The Morgan fingerprint density at radius 1 is 0.919 bits per heavy atom. The molecule has 0 saturated carbocycles. The van der Waals surface area contributed by atoms with Gasteiger partial charge in [0.05, 0.1) is 46.2 Å². The third-order valence-electron chi connectivity index (χ3n) is 5.66. The molecule has 0 aromatic carbocycles. The highest BCUT2D eigenvalue weighted by atomic mass is 16.7. The molecule has 37 heavy (non-hydrogen) atoms. The number of rotatable bonds is 15. The maximum atomic E-state index is 11.5. The molecule has 1 amide bonds. The van der Waals surface area contributed by atoms with Crippen LogP contribution in [0.25, 0.3) is 10.4 Å². The molecule has 0 bridgehead atoms. The monoisotopic (exact) mass is 540 g/mol. The number of nitrogens with zero attached hydrogens (tertiary/aromatic N) is 3. The van der Waals surface area contributed by atoms with Gasteiger partial charge >= 0.3 is 0 Å². The fourth-order valence-electron chi connectivity index (χ4n) is 3.87.